The lowest BCUT2D eigenvalue weighted by molar-refractivity contribution is -0.117. The van der Waals surface area contributed by atoms with Crippen molar-refractivity contribution in [2.75, 3.05) is 16.4 Å². The summed E-state index contributed by atoms with van der Waals surface area (Å²) in [6, 6.07) is 5.70. The summed E-state index contributed by atoms with van der Waals surface area (Å²) in [7, 11) is -3.03. The predicted molar refractivity (Wildman–Crippen MR) is 82.4 cm³/mol. The van der Waals surface area contributed by atoms with Gasteiger partial charge in [-0.3, -0.25) is 9.69 Å². The highest BCUT2D eigenvalue weighted by Crippen LogP contribution is 2.40. The third-order valence-electron chi connectivity index (χ3n) is 4.29. The van der Waals surface area contributed by atoms with Crippen LogP contribution in [0.1, 0.15) is 12.0 Å². The second-order valence-electron chi connectivity index (χ2n) is 5.79. The van der Waals surface area contributed by atoms with Crippen molar-refractivity contribution < 1.29 is 13.2 Å². The average molecular weight is 322 g/mol. The Morgan fingerprint density at radius 2 is 2.14 bits per heavy atom. The van der Waals surface area contributed by atoms with Gasteiger partial charge >= 0.3 is 0 Å². The molecule has 0 aliphatic carbocycles. The number of carbonyl (C=O) groups excluding carboxylic acids is 1. The van der Waals surface area contributed by atoms with Crippen molar-refractivity contribution in [3.05, 3.63) is 23.8 Å². The number of aryl methyl sites for hydroxylation is 1. The molecule has 2 unspecified atom stereocenters. The number of anilines is 1. The summed E-state index contributed by atoms with van der Waals surface area (Å²) in [5.41, 5.74) is 1.96. The van der Waals surface area contributed by atoms with E-state index in [4.69, 9.17) is 0 Å². The minimum Gasteiger partial charge on any atom is -0.284 e. The van der Waals surface area contributed by atoms with Gasteiger partial charge in [-0.15, -0.1) is 0 Å². The summed E-state index contributed by atoms with van der Waals surface area (Å²) in [4.78, 5) is 18.5. The summed E-state index contributed by atoms with van der Waals surface area (Å²) in [6.07, 6.45) is 0.318. The molecule has 0 N–H and O–H groups in total. The maximum absolute atomic E-state index is 12.3. The van der Waals surface area contributed by atoms with Gasteiger partial charge in [0.25, 0.3) is 0 Å². The van der Waals surface area contributed by atoms with Crippen molar-refractivity contribution in [2.45, 2.75) is 19.4 Å². The van der Waals surface area contributed by atoms with Crippen LogP contribution in [-0.4, -0.2) is 36.9 Å². The van der Waals surface area contributed by atoms with Crippen LogP contribution >= 0.6 is 11.3 Å². The van der Waals surface area contributed by atoms with Crippen molar-refractivity contribution in [3.63, 3.8) is 0 Å². The Balaban J connectivity index is 1.80. The van der Waals surface area contributed by atoms with Gasteiger partial charge in [0.1, 0.15) is 0 Å². The fraction of sp³-hybridized carbons (Fsp3) is 0.429. The lowest BCUT2D eigenvalue weighted by Gasteiger charge is -2.19. The summed E-state index contributed by atoms with van der Waals surface area (Å²) in [5, 5.41) is 0.633. The fourth-order valence-corrected chi connectivity index (χ4v) is 6.50. The highest BCUT2D eigenvalue weighted by molar-refractivity contribution is 7.91. The first-order valence-corrected chi connectivity index (χ1v) is 9.47. The van der Waals surface area contributed by atoms with E-state index in [-0.39, 0.29) is 29.4 Å². The molecule has 3 heterocycles. The Morgan fingerprint density at radius 3 is 2.90 bits per heavy atom. The number of carbonyl (C=O) groups is 1. The lowest BCUT2D eigenvalue weighted by atomic mass is 10.1. The van der Waals surface area contributed by atoms with Crippen LogP contribution in [0.25, 0.3) is 10.2 Å². The number of sulfone groups is 1. The van der Waals surface area contributed by atoms with Crippen LogP contribution in [0.2, 0.25) is 0 Å². The number of hydrogen-bond donors (Lipinski definition) is 0. The Labute approximate surface area is 126 Å². The van der Waals surface area contributed by atoms with E-state index in [0.717, 1.165) is 15.8 Å². The van der Waals surface area contributed by atoms with Gasteiger partial charge in [-0.25, -0.2) is 13.4 Å². The summed E-state index contributed by atoms with van der Waals surface area (Å²) >= 11 is 1.46. The largest absolute Gasteiger partial charge is 0.284 e. The molecule has 21 heavy (non-hydrogen) atoms. The SMILES string of the molecule is Cc1cccc2sc(N3C(=O)CC4CS(=O)(=O)CC43)nc12. The molecular formula is C14H14N2O3S2. The van der Waals surface area contributed by atoms with E-state index in [0.29, 0.717) is 11.6 Å². The first kappa shape index (κ1) is 13.2. The molecule has 1 amide bonds. The number of rotatable bonds is 1. The average Bonchev–Trinajstić information content (AvgIpc) is 2.99. The highest BCUT2D eigenvalue weighted by Gasteiger charge is 2.50. The second-order valence-corrected chi connectivity index (χ2v) is 8.95. The zero-order valence-electron chi connectivity index (χ0n) is 11.4. The molecule has 110 valence electrons. The number of benzene rings is 1. The summed E-state index contributed by atoms with van der Waals surface area (Å²) < 4.78 is 24.6. The molecule has 2 aliphatic heterocycles. The van der Waals surface area contributed by atoms with Crippen molar-refractivity contribution in [3.8, 4) is 0 Å². The van der Waals surface area contributed by atoms with E-state index in [2.05, 4.69) is 4.98 Å². The Hall–Kier alpha value is -1.47. The van der Waals surface area contributed by atoms with E-state index in [1.54, 1.807) is 4.90 Å². The molecule has 2 saturated heterocycles. The lowest BCUT2D eigenvalue weighted by Crippen LogP contribution is -2.36. The molecule has 0 radical (unpaired) electrons. The van der Waals surface area contributed by atoms with Gasteiger partial charge in [0.05, 0.1) is 27.8 Å². The van der Waals surface area contributed by atoms with Gasteiger partial charge < -0.3 is 0 Å². The molecule has 2 atom stereocenters. The molecule has 4 rings (SSSR count). The van der Waals surface area contributed by atoms with Gasteiger partial charge in [-0.05, 0) is 18.6 Å². The predicted octanol–water partition coefficient (Wildman–Crippen LogP) is 1.75. The molecule has 7 heteroatoms. The molecular weight excluding hydrogens is 308 g/mol. The zero-order chi connectivity index (χ0) is 14.8. The maximum Gasteiger partial charge on any atom is 0.229 e. The van der Waals surface area contributed by atoms with Crippen molar-refractivity contribution in [1.29, 1.82) is 0 Å². The first-order chi connectivity index (χ1) is 9.94. The van der Waals surface area contributed by atoms with Gasteiger partial charge in [-0.2, -0.15) is 0 Å². The first-order valence-electron chi connectivity index (χ1n) is 6.83. The number of amides is 1. The topological polar surface area (TPSA) is 67.3 Å². The number of thiazole rings is 1. The number of para-hydroxylation sites is 1. The molecule has 0 bridgehead atoms. The van der Waals surface area contributed by atoms with Gasteiger partial charge in [-0.1, -0.05) is 23.5 Å². The Morgan fingerprint density at radius 1 is 1.33 bits per heavy atom. The van der Waals surface area contributed by atoms with Gasteiger partial charge in [0.15, 0.2) is 15.0 Å². The van der Waals surface area contributed by atoms with Crippen molar-refractivity contribution >= 4 is 42.4 Å². The molecule has 0 saturated carbocycles. The van der Waals surface area contributed by atoms with Crippen molar-refractivity contribution in [1.82, 2.24) is 4.98 Å². The van der Waals surface area contributed by atoms with Gasteiger partial charge in [0, 0.05) is 12.3 Å². The Bertz CT molecular complexity index is 856. The number of fused-ring (bicyclic) bond motifs is 2. The molecule has 2 aromatic rings. The van der Waals surface area contributed by atoms with Crippen LogP contribution in [0.4, 0.5) is 5.13 Å². The summed E-state index contributed by atoms with van der Waals surface area (Å²) in [5.74, 6) is 0.120. The van der Waals surface area contributed by atoms with Gasteiger partial charge in [0.2, 0.25) is 5.91 Å². The van der Waals surface area contributed by atoms with E-state index in [1.165, 1.54) is 11.3 Å². The minimum absolute atomic E-state index is 0.00314. The monoisotopic (exact) mass is 322 g/mol. The van der Waals surface area contributed by atoms with E-state index in [9.17, 15) is 13.2 Å². The second kappa shape index (κ2) is 4.27. The molecule has 0 spiro atoms. The van der Waals surface area contributed by atoms with Crippen LogP contribution in [0, 0.1) is 12.8 Å². The third kappa shape index (κ3) is 1.98. The van der Waals surface area contributed by atoms with E-state index >= 15 is 0 Å². The number of aromatic nitrogens is 1. The molecule has 1 aromatic heterocycles. The fourth-order valence-electron chi connectivity index (χ4n) is 3.32. The van der Waals surface area contributed by atoms with Crippen LogP contribution < -0.4 is 4.90 Å². The maximum atomic E-state index is 12.3. The Kier molecular flexibility index (Phi) is 2.68. The van der Waals surface area contributed by atoms with Crippen molar-refractivity contribution in [2.24, 2.45) is 5.92 Å². The zero-order valence-corrected chi connectivity index (χ0v) is 13.1. The molecule has 2 aliphatic rings. The quantitative estimate of drug-likeness (QED) is 0.802. The molecule has 1 aromatic carbocycles. The number of nitrogens with zero attached hydrogens (tertiary/aromatic N) is 2. The summed E-state index contributed by atoms with van der Waals surface area (Å²) in [6.45, 7) is 1.99. The van der Waals surface area contributed by atoms with E-state index in [1.807, 2.05) is 25.1 Å². The van der Waals surface area contributed by atoms with E-state index < -0.39 is 9.84 Å². The minimum atomic E-state index is -3.03. The van der Waals surface area contributed by atoms with Crippen LogP contribution in [0.5, 0.6) is 0 Å². The third-order valence-corrected chi connectivity index (χ3v) is 7.09. The normalized spacial score (nSPS) is 27.5. The van der Waals surface area contributed by atoms with Crippen LogP contribution in [-0.2, 0) is 14.6 Å². The molecule has 5 nitrogen and oxygen atoms in total. The van der Waals surface area contributed by atoms with Crippen LogP contribution in [0.3, 0.4) is 0 Å². The van der Waals surface area contributed by atoms with Crippen LogP contribution in [0.15, 0.2) is 18.2 Å². The smallest absolute Gasteiger partial charge is 0.229 e. The highest BCUT2D eigenvalue weighted by atomic mass is 32.2. The number of hydrogen-bond acceptors (Lipinski definition) is 5. The standard InChI is InChI=1S/C14H14N2O3S2/c1-8-3-2-4-11-13(8)15-14(20-11)16-10-7-21(18,19)6-9(10)5-12(16)17/h2-4,9-10H,5-7H2,1H3. The molecule has 2 fully saturated rings.